The number of aryl methyl sites for hydroxylation is 1. The lowest BCUT2D eigenvalue weighted by atomic mass is 10.1. The van der Waals surface area contributed by atoms with Crippen molar-refractivity contribution in [2.75, 3.05) is 11.9 Å². The molecule has 6 nitrogen and oxygen atoms in total. The number of ether oxygens (including phenoxy) is 1. The topological polar surface area (TPSA) is 80.3 Å². The Balaban J connectivity index is 1.87. The second-order valence-corrected chi connectivity index (χ2v) is 5.60. The summed E-state index contributed by atoms with van der Waals surface area (Å²) in [6, 6.07) is -0.164. The Hall–Kier alpha value is -1.47. The number of thiazole rings is 1. The van der Waals surface area contributed by atoms with Crippen LogP contribution < -0.4 is 10.6 Å². The van der Waals surface area contributed by atoms with Crippen LogP contribution in [0.5, 0.6) is 0 Å². The van der Waals surface area contributed by atoms with Gasteiger partial charge in [-0.25, -0.2) is 4.98 Å². The van der Waals surface area contributed by atoms with E-state index in [0.29, 0.717) is 11.4 Å². The Bertz CT molecular complexity index is 483. The fourth-order valence-electron chi connectivity index (χ4n) is 2.14. The van der Waals surface area contributed by atoms with Crippen LogP contribution in [0.25, 0.3) is 0 Å². The Morgan fingerprint density at radius 3 is 3.00 bits per heavy atom. The van der Waals surface area contributed by atoms with Gasteiger partial charge in [0.2, 0.25) is 0 Å². The van der Waals surface area contributed by atoms with Gasteiger partial charge in [0.15, 0.2) is 0 Å². The van der Waals surface area contributed by atoms with E-state index in [0.717, 1.165) is 25.1 Å². The monoisotopic (exact) mass is 297 g/mol. The van der Waals surface area contributed by atoms with Crippen molar-refractivity contribution in [3.63, 3.8) is 0 Å². The smallest absolute Gasteiger partial charge is 0.314 e. The molecule has 2 amide bonds. The lowest BCUT2D eigenvalue weighted by Gasteiger charge is -2.19. The molecule has 20 heavy (non-hydrogen) atoms. The minimum atomic E-state index is -0.659. The second kappa shape index (κ2) is 6.81. The molecule has 0 saturated carbocycles. The van der Waals surface area contributed by atoms with E-state index < -0.39 is 11.8 Å². The van der Waals surface area contributed by atoms with Crippen molar-refractivity contribution >= 4 is 28.2 Å². The highest BCUT2D eigenvalue weighted by Crippen LogP contribution is 2.20. The number of rotatable bonds is 4. The minimum absolute atomic E-state index is 0.00126. The zero-order valence-corrected chi connectivity index (χ0v) is 12.5. The number of nitrogens with one attached hydrogen (secondary N) is 2. The maximum Gasteiger partial charge on any atom is 0.314 e. The first kappa shape index (κ1) is 14.9. The van der Waals surface area contributed by atoms with Crippen LogP contribution in [-0.2, 0) is 20.7 Å². The van der Waals surface area contributed by atoms with Crippen LogP contribution in [0.2, 0.25) is 0 Å². The lowest BCUT2D eigenvalue weighted by Crippen LogP contribution is -2.45. The molecule has 7 heteroatoms. The van der Waals surface area contributed by atoms with Crippen LogP contribution in [0, 0.1) is 0 Å². The lowest BCUT2D eigenvalue weighted by molar-refractivity contribution is -0.137. The number of aromatic nitrogens is 1. The molecule has 0 spiro atoms. The van der Waals surface area contributed by atoms with Crippen molar-refractivity contribution in [1.29, 1.82) is 0 Å². The zero-order chi connectivity index (χ0) is 14.5. The fourth-order valence-corrected chi connectivity index (χ4v) is 2.91. The molecule has 1 aromatic heterocycles. The predicted octanol–water partition coefficient (Wildman–Crippen LogP) is 1.33. The SMILES string of the molecule is CCc1ncsc1NC(=O)C(=O)N[C@@H](C)[C@H]1CCCO1. The first-order valence-electron chi connectivity index (χ1n) is 6.77. The standard InChI is InChI=1S/C13H19N3O3S/c1-3-9-13(20-7-14-9)16-12(18)11(17)15-8(2)10-5-4-6-19-10/h7-8,10H,3-6H2,1-2H3,(H,15,17)(H,16,18)/t8-,10+/m0/s1. The van der Waals surface area contributed by atoms with Gasteiger partial charge in [0.25, 0.3) is 0 Å². The molecule has 1 fully saturated rings. The summed E-state index contributed by atoms with van der Waals surface area (Å²) < 4.78 is 5.48. The van der Waals surface area contributed by atoms with Crippen LogP contribution in [0.4, 0.5) is 5.00 Å². The van der Waals surface area contributed by atoms with E-state index in [2.05, 4.69) is 15.6 Å². The molecule has 1 saturated heterocycles. The minimum Gasteiger partial charge on any atom is -0.376 e. The first-order chi connectivity index (χ1) is 9.61. The van der Waals surface area contributed by atoms with Crippen molar-refractivity contribution in [3.05, 3.63) is 11.2 Å². The van der Waals surface area contributed by atoms with Gasteiger partial charge in [-0.3, -0.25) is 9.59 Å². The van der Waals surface area contributed by atoms with E-state index in [1.165, 1.54) is 11.3 Å². The number of amides is 2. The van der Waals surface area contributed by atoms with Gasteiger partial charge in [-0.2, -0.15) is 0 Å². The van der Waals surface area contributed by atoms with E-state index in [1.807, 2.05) is 13.8 Å². The second-order valence-electron chi connectivity index (χ2n) is 4.75. The van der Waals surface area contributed by atoms with Crippen molar-refractivity contribution in [3.8, 4) is 0 Å². The van der Waals surface area contributed by atoms with Gasteiger partial charge in [0.1, 0.15) is 5.00 Å². The molecule has 1 aliphatic heterocycles. The third-order valence-corrected chi connectivity index (χ3v) is 4.07. The predicted molar refractivity (Wildman–Crippen MR) is 76.7 cm³/mol. The van der Waals surface area contributed by atoms with Crippen LogP contribution in [0.1, 0.15) is 32.4 Å². The van der Waals surface area contributed by atoms with Crippen LogP contribution >= 0.6 is 11.3 Å². The van der Waals surface area contributed by atoms with E-state index >= 15 is 0 Å². The summed E-state index contributed by atoms with van der Waals surface area (Å²) in [5.41, 5.74) is 2.45. The number of hydrogen-bond donors (Lipinski definition) is 2. The Labute approximate surface area is 121 Å². The molecular formula is C13H19N3O3S. The van der Waals surface area contributed by atoms with Gasteiger partial charge in [-0.05, 0) is 26.2 Å². The zero-order valence-electron chi connectivity index (χ0n) is 11.6. The summed E-state index contributed by atoms with van der Waals surface area (Å²) >= 11 is 1.32. The van der Waals surface area contributed by atoms with E-state index in [9.17, 15) is 9.59 Å². The van der Waals surface area contributed by atoms with Gasteiger partial charge in [-0.1, -0.05) is 6.92 Å². The summed E-state index contributed by atoms with van der Waals surface area (Å²) in [7, 11) is 0. The molecule has 110 valence electrons. The summed E-state index contributed by atoms with van der Waals surface area (Å²) in [6.07, 6.45) is 2.63. The summed E-state index contributed by atoms with van der Waals surface area (Å²) in [6.45, 7) is 4.52. The van der Waals surface area contributed by atoms with Gasteiger partial charge in [0, 0.05) is 6.61 Å². The van der Waals surface area contributed by atoms with E-state index in [1.54, 1.807) is 5.51 Å². The van der Waals surface area contributed by atoms with Gasteiger partial charge < -0.3 is 15.4 Å². The molecule has 0 unspecified atom stereocenters. The number of nitrogens with zero attached hydrogens (tertiary/aromatic N) is 1. The Kier molecular flexibility index (Phi) is 5.08. The highest BCUT2D eigenvalue weighted by atomic mass is 32.1. The molecule has 0 radical (unpaired) electrons. The van der Waals surface area contributed by atoms with Crippen molar-refractivity contribution < 1.29 is 14.3 Å². The van der Waals surface area contributed by atoms with Crippen molar-refractivity contribution in [2.24, 2.45) is 0 Å². The highest BCUT2D eigenvalue weighted by molar-refractivity contribution is 7.14. The molecular weight excluding hydrogens is 278 g/mol. The normalized spacial score (nSPS) is 19.6. The van der Waals surface area contributed by atoms with E-state index in [4.69, 9.17) is 4.74 Å². The van der Waals surface area contributed by atoms with Crippen molar-refractivity contribution in [1.82, 2.24) is 10.3 Å². The molecule has 0 aliphatic carbocycles. The maximum absolute atomic E-state index is 11.8. The fraction of sp³-hybridized carbons (Fsp3) is 0.615. The molecule has 1 aromatic rings. The average Bonchev–Trinajstić information content (AvgIpc) is 3.09. The van der Waals surface area contributed by atoms with Gasteiger partial charge in [0.05, 0.1) is 23.4 Å². The van der Waals surface area contributed by atoms with Gasteiger partial charge >= 0.3 is 11.8 Å². The van der Waals surface area contributed by atoms with Crippen LogP contribution in [0.3, 0.4) is 0 Å². The van der Waals surface area contributed by atoms with Crippen LogP contribution in [-0.4, -0.2) is 35.6 Å². The quantitative estimate of drug-likeness (QED) is 0.822. The maximum atomic E-state index is 11.8. The average molecular weight is 297 g/mol. The van der Waals surface area contributed by atoms with Crippen LogP contribution in [0.15, 0.2) is 5.51 Å². The highest BCUT2D eigenvalue weighted by Gasteiger charge is 2.26. The molecule has 0 aromatic carbocycles. The van der Waals surface area contributed by atoms with Gasteiger partial charge in [-0.15, -0.1) is 11.3 Å². The largest absolute Gasteiger partial charge is 0.376 e. The molecule has 2 atom stereocenters. The summed E-state index contributed by atoms with van der Waals surface area (Å²) in [5.74, 6) is -1.29. The molecule has 1 aliphatic rings. The van der Waals surface area contributed by atoms with E-state index in [-0.39, 0.29) is 12.1 Å². The molecule has 2 heterocycles. The van der Waals surface area contributed by atoms with Crippen molar-refractivity contribution in [2.45, 2.75) is 45.3 Å². The molecule has 0 bridgehead atoms. The molecule has 2 rings (SSSR count). The number of carbonyl (C=O) groups excluding carboxylic acids is 2. The number of anilines is 1. The number of hydrogen-bond acceptors (Lipinski definition) is 5. The Morgan fingerprint density at radius 1 is 1.55 bits per heavy atom. The summed E-state index contributed by atoms with van der Waals surface area (Å²) in [4.78, 5) is 27.8. The number of carbonyl (C=O) groups is 2. The first-order valence-corrected chi connectivity index (χ1v) is 7.65. The third-order valence-electron chi connectivity index (χ3n) is 3.29. The summed E-state index contributed by atoms with van der Waals surface area (Å²) in [5, 5.41) is 5.92. The Morgan fingerprint density at radius 2 is 2.35 bits per heavy atom. The third kappa shape index (κ3) is 3.55. The molecule has 2 N–H and O–H groups in total.